The van der Waals surface area contributed by atoms with Gasteiger partial charge < -0.3 is 10.2 Å². The van der Waals surface area contributed by atoms with Gasteiger partial charge in [-0.05, 0) is 48.4 Å². The first-order valence-corrected chi connectivity index (χ1v) is 10.8. The first-order valence-electron chi connectivity index (χ1n) is 8.89. The lowest BCUT2D eigenvalue weighted by Gasteiger charge is -2.17. The van der Waals surface area contributed by atoms with Gasteiger partial charge >= 0.3 is 0 Å². The highest BCUT2D eigenvalue weighted by molar-refractivity contribution is 7.92. The molecule has 28 heavy (non-hydrogen) atoms. The van der Waals surface area contributed by atoms with Gasteiger partial charge in [0.05, 0.1) is 16.6 Å². The van der Waals surface area contributed by atoms with E-state index in [1.54, 1.807) is 41.3 Å². The summed E-state index contributed by atoms with van der Waals surface area (Å²) < 4.78 is 25.6. The van der Waals surface area contributed by atoms with Gasteiger partial charge in [0.15, 0.2) is 9.84 Å². The number of nitrogens with zero attached hydrogens (tertiary/aromatic N) is 1. The number of carbonyl (C=O) groups is 2. The topological polar surface area (TPSA) is 83.6 Å². The number of carbonyl (C=O) groups excluding carboxylic acids is 2. The van der Waals surface area contributed by atoms with Crippen molar-refractivity contribution in [3.05, 3.63) is 59.1 Å². The third-order valence-electron chi connectivity index (χ3n) is 4.71. The summed E-state index contributed by atoms with van der Waals surface area (Å²) in [5, 5.41) is 2.54. The van der Waals surface area contributed by atoms with Gasteiger partial charge in [0, 0.05) is 30.7 Å². The van der Waals surface area contributed by atoms with Crippen LogP contribution in [0.5, 0.6) is 0 Å². The van der Waals surface area contributed by atoms with Gasteiger partial charge in [-0.1, -0.05) is 23.7 Å². The van der Waals surface area contributed by atoms with E-state index in [0.717, 1.165) is 5.56 Å². The number of benzene rings is 2. The van der Waals surface area contributed by atoms with Crippen LogP contribution in [0.15, 0.2) is 53.4 Å². The highest BCUT2D eigenvalue weighted by Gasteiger charge is 2.36. The number of sulfone groups is 1. The van der Waals surface area contributed by atoms with E-state index in [1.807, 2.05) is 0 Å². The molecule has 2 aromatic carbocycles. The molecule has 1 saturated heterocycles. The van der Waals surface area contributed by atoms with Crippen molar-refractivity contribution in [1.82, 2.24) is 4.90 Å². The van der Waals surface area contributed by atoms with E-state index in [-0.39, 0.29) is 29.7 Å². The molecular formula is C20H21ClN2O4S. The van der Waals surface area contributed by atoms with E-state index in [4.69, 9.17) is 11.6 Å². The smallest absolute Gasteiger partial charge is 0.227 e. The van der Waals surface area contributed by atoms with Crippen molar-refractivity contribution in [2.75, 3.05) is 18.4 Å². The average molecular weight is 421 g/mol. The van der Waals surface area contributed by atoms with E-state index in [1.165, 1.54) is 19.1 Å². The van der Waals surface area contributed by atoms with Crippen molar-refractivity contribution in [3.8, 4) is 0 Å². The molecule has 0 radical (unpaired) electrons. The molecule has 1 aliphatic rings. The van der Waals surface area contributed by atoms with E-state index < -0.39 is 15.1 Å². The maximum atomic E-state index is 12.8. The molecule has 8 heteroatoms. The van der Waals surface area contributed by atoms with Crippen LogP contribution in [0.1, 0.15) is 18.9 Å². The molecule has 148 valence electrons. The van der Waals surface area contributed by atoms with E-state index in [0.29, 0.717) is 23.7 Å². The maximum Gasteiger partial charge on any atom is 0.227 e. The minimum atomic E-state index is -3.50. The first-order chi connectivity index (χ1) is 13.3. The minimum Gasteiger partial charge on any atom is -0.341 e. The second-order valence-electron chi connectivity index (χ2n) is 6.80. The summed E-state index contributed by atoms with van der Waals surface area (Å²) in [5.41, 5.74) is 1.47. The summed E-state index contributed by atoms with van der Waals surface area (Å²) in [4.78, 5) is 25.5. The standard InChI is InChI=1S/C20H21ClN2O4S/c1-14(24)22-17-6-2-15(3-7-17)12-20(25)23-11-10-19(13-23)28(26,27)18-8-4-16(21)5-9-18/h2-9,19H,10-13H2,1H3,(H,22,24). The number of amides is 2. The number of anilines is 1. The molecular weight excluding hydrogens is 400 g/mol. The largest absolute Gasteiger partial charge is 0.341 e. The number of halogens is 1. The van der Waals surface area contributed by atoms with Crippen molar-refractivity contribution in [2.45, 2.75) is 29.9 Å². The number of nitrogens with one attached hydrogen (secondary N) is 1. The summed E-state index contributed by atoms with van der Waals surface area (Å²) in [6, 6.07) is 13.1. The molecule has 6 nitrogen and oxygen atoms in total. The fourth-order valence-corrected chi connectivity index (χ4v) is 5.04. The van der Waals surface area contributed by atoms with Crippen molar-refractivity contribution in [3.63, 3.8) is 0 Å². The average Bonchev–Trinajstić information content (AvgIpc) is 3.14. The summed E-state index contributed by atoms with van der Waals surface area (Å²) in [7, 11) is -3.50. The van der Waals surface area contributed by atoms with E-state index in [9.17, 15) is 18.0 Å². The van der Waals surface area contributed by atoms with Crippen molar-refractivity contribution in [2.24, 2.45) is 0 Å². The molecule has 0 bridgehead atoms. The van der Waals surface area contributed by atoms with Crippen molar-refractivity contribution < 1.29 is 18.0 Å². The molecule has 0 aliphatic carbocycles. The lowest BCUT2D eigenvalue weighted by Crippen LogP contribution is -2.33. The molecule has 1 N–H and O–H groups in total. The fourth-order valence-electron chi connectivity index (χ4n) is 3.22. The Kier molecular flexibility index (Phi) is 6.05. The zero-order chi connectivity index (χ0) is 20.3. The molecule has 0 aromatic heterocycles. The molecule has 0 saturated carbocycles. The Morgan fingerprint density at radius 2 is 1.75 bits per heavy atom. The SMILES string of the molecule is CC(=O)Nc1ccc(CC(=O)N2CCC(S(=O)(=O)c3ccc(Cl)cc3)C2)cc1. The zero-order valence-corrected chi connectivity index (χ0v) is 17.0. The van der Waals surface area contributed by atoms with Crippen LogP contribution in [-0.4, -0.2) is 43.5 Å². The molecule has 1 fully saturated rings. The van der Waals surface area contributed by atoms with Crippen LogP contribution in [-0.2, 0) is 25.8 Å². The van der Waals surface area contributed by atoms with Crippen molar-refractivity contribution >= 4 is 38.9 Å². The lowest BCUT2D eigenvalue weighted by atomic mass is 10.1. The van der Waals surface area contributed by atoms with Gasteiger partial charge in [-0.25, -0.2) is 8.42 Å². The molecule has 0 spiro atoms. The minimum absolute atomic E-state index is 0.110. The monoisotopic (exact) mass is 420 g/mol. The Bertz CT molecular complexity index is 972. The van der Waals surface area contributed by atoms with Gasteiger partial charge in [0.1, 0.15) is 0 Å². The van der Waals surface area contributed by atoms with Gasteiger partial charge in [-0.2, -0.15) is 0 Å². The summed E-state index contributed by atoms with van der Waals surface area (Å²) in [6.45, 7) is 2.04. The maximum absolute atomic E-state index is 12.8. The van der Waals surface area contributed by atoms with Crippen LogP contribution in [0, 0.1) is 0 Å². The lowest BCUT2D eigenvalue weighted by molar-refractivity contribution is -0.129. The molecule has 1 unspecified atom stereocenters. The Labute approximate surface area is 169 Å². The highest BCUT2D eigenvalue weighted by atomic mass is 35.5. The van der Waals surface area contributed by atoms with E-state index >= 15 is 0 Å². The molecule has 1 heterocycles. The van der Waals surface area contributed by atoms with Crippen LogP contribution in [0.3, 0.4) is 0 Å². The second-order valence-corrected chi connectivity index (χ2v) is 9.47. The normalized spacial score (nSPS) is 16.8. The van der Waals surface area contributed by atoms with Crippen molar-refractivity contribution in [1.29, 1.82) is 0 Å². The summed E-state index contributed by atoms with van der Waals surface area (Å²) in [5.74, 6) is -0.269. The molecule has 1 atom stereocenters. The summed E-state index contributed by atoms with van der Waals surface area (Å²) >= 11 is 5.83. The van der Waals surface area contributed by atoms with Crippen LogP contribution >= 0.6 is 11.6 Å². The van der Waals surface area contributed by atoms with Gasteiger partial charge in [0.2, 0.25) is 11.8 Å². The zero-order valence-electron chi connectivity index (χ0n) is 15.4. The predicted molar refractivity (Wildman–Crippen MR) is 108 cm³/mol. The van der Waals surface area contributed by atoms with Gasteiger partial charge in [-0.3, -0.25) is 9.59 Å². The number of hydrogen-bond acceptors (Lipinski definition) is 4. The predicted octanol–water partition coefficient (Wildman–Crippen LogP) is 2.92. The second kappa shape index (κ2) is 8.32. The Morgan fingerprint density at radius 1 is 1.11 bits per heavy atom. The third-order valence-corrected chi connectivity index (χ3v) is 7.15. The quantitative estimate of drug-likeness (QED) is 0.806. The van der Waals surface area contributed by atoms with Gasteiger partial charge in [-0.15, -0.1) is 0 Å². The van der Waals surface area contributed by atoms with Gasteiger partial charge in [0.25, 0.3) is 0 Å². The van der Waals surface area contributed by atoms with Crippen LogP contribution in [0.4, 0.5) is 5.69 Å². The van der Waals surface area contributed by atoms with Crippen LogP contribution in [0.25, 0.3) is 0 Å². The Hall–Kier alpha value is -2.38. The molecule has 3 rings (SSSR count). The molecule has 2 amide bonds. The van der Waals surface area contributed by atoms with Crippen LogP contribution < -0.4 is 5.32 Å². The Balaban J connectivity index is 1.62. The first kappa shape index (κ1) is 20.4. The summed E-state index contributed by atoms with van der Waals surface area (Å²) in [6.07, 6.45) is 0.603. The highest BCUT2D eigenvalue weighted by Crippen LogP contribution is 2.25. The van der Waals surface area contributed by atoms with E-state index in [2.05, 4.69) is 5.32 Å². The molecule has 2 aromatic rings. The number of hydrogen-bond donors (Lipinski definition) is 1. The third kappa shape index (κ3) is 4.72. The number of likely N-dealkylation sites (tertiary alicyclic amines) is 1. The fraction of sp³-hybridized carbons (Fsp3) is 0.300. The van der Waals surface area contributed by atoms with Crippen LogP contribution in [0.2, 0.25) is 5.02 Å². The molecule has 1 aliphatic heterocycles. The number of rotatable bonds is 5. The Morgan fingerprint density at radius 3 is 2.36 bits per heavy atom.